The zero-order valence-electron chi connectivity index (χ0n) is 11.9. The van der Waals surface area contributed by atoms with Gasteiger partial charge in [0.25, 0.3) is 0 Å². The number of nitrogens with zero attached hydrogens (tertiary/aromatic N) is 3. The average Bonchev–Trinajstić information content (AvgIpc) is 2.96. The summed E-state index contributed by atoms with van der Waals surface area (Å²) in [6.07, 6.45) is 7.80. The molecule has 0 aliphatic rings. The van der Waals surface area contributed by atoms with E-state index in [9.17, 15) is 9.90 Å². The van der Waals surface area contributed by atoms with Crippen LogP contribution in [0.15, 0.2) is 61.2 Å². The van der Waals surface area contributed by atoms with Gasteiger partial charge in [0.2, 0.25) is 0 Å². The Morgan fingerprint density at radius 1 is 1.09 bits per heavy atom. The maximum atomic E-state index is 11.3. The lowest BCUT2D eigenvalue weighted by molar-refractivity contribution is 0.0695. The van der Waals surface area contributed by atoms with Crippen molar-refractivity contribution < 1.29 is 9.90 Å². The lowest BCUT2D eigenvalue weighted by atomic mass is 10.1. The first-order valence-electron chi connectivity index (χ1n) is 6.94. The fourth-order valence-electron chi connectivity index (χ4n) is 2.38. The average molecular weight is 293 g/mol. The molecule has 1 aromatic carbocycles. The number of hydrogen-bond acceptors (Lipinski definition) is 3. The third kappa shape index (κ3) is 3.03. The SMILES string of the molecule is O=C(O)c1ccccc1Cn1ccnc1Cc1ccncc1. The Bertz CT molecular complexity index is 781. The smallest absolute Gasteiger partial charge is 0.336 e. The van der Waals surface area contributed by atoms with Crippen molar-refractivity contribution in [2.75, 3.05) is 0 Å². The first-order chi connectivity index (χ1) is 10.7. The number of imidazole rings is 1. The second-order valence-electron chi connectivity index (χ2n) is 4.97. The summed E-state index contributed by atoms with van der Waals surface area (Å²) in [5, 5.41) is 9.27. The molecule has 22 heavy (non-hydrogen) atoms. The van der Waals surface area contributed by atoms with Gasteiger partial charge in [-0.2, -0.15) is 0 Å². The quantitative estimate of drug-likeness (QED) is 0.785. The van der Waals surface area contributed by atoms with E-state index in [1.165, 1.54) is 0 Å². The van der Waals surface area contributed by atoms with E-state index < -0.39 is 5.97 Å². The number of hydrogen-bond donors (Lipinski definition) is 1. The van der Waals surface area contributed by atoms with E-state index in [0.717, 1.165) is 17.0 Å². The molecule has 0 saturated carbocycles. The van der Waals surface area contributed by atoms with Crippen molar-refractivity contribution in [3.8, 4) is 0 Å². The lowest BCUT2D eigenvalue weighted by Crippen LogP contribution is -2.09. The lowest BCUT2D eigenvalue weighted by Gasteiger charge is -2.10. The van der Waals surface area contributed by atoms with Crippen LogP contribution in [0.25, 0.3) is 0 Å². The van der Waals surface area contributed by atoms with Crippen LogP contribution in [-0.2, 0) is 13.0 Å². The van der Waals surface area contributed by atoms with Crippen LogP contribution in [0.1, 0.15) is 27.3 Å². The van der Waals surface area contributed by atoms with Gasteiger partial charge >= 0.3 is 5.97 Å². The third-order valence-corrected chi connectivity index (χ3v) is 3.50. The minimum absolute atomic E-state index is 0.325. The van der Waals surface area contributed by atoms with E-state index in [2.05, 4.69) is 9.97 Å². The maximum absolute atomic E-state index is 11.3. The normalized spacial score (nSPS) is 10.5. The molecule has 0 unspecified atom stereocenters. The number of aromatic nitrogens is 3. The molecule has 0 radical (unpaired) electrons. The minimum Gasteiger partial charge on any atom is -0.478 e. The summed E-state index contributed by atoms with van der Waals surface area (Å²) >= 11 is 0. The molecule has 0 amide bonds. The Morgan fingerprint density at radius 2 is 1.86 bits per heavy atom. The molecule has 3 rings (SSSR count). The summed E-state index contributed by atoms with van der Waals surface area (Å²) in [6, 6.07) is 10.9. The summed E-state index contributed by atoms with van der Waals surface area (Å²) in [5.41, 5.74) is 2.21. The molecule has 5 nitrogen and oxygen atoms in total. The molecule has 3 aromatic rings. The molecule has 2 heterocycles. The van der Waals surface area contributed by atoms with E-state index in [1.807, 2.05) is 35.0 Å². The third-order valence-electron chi connectivity index (χ3n) is 3.50. The summed E-state index contributed by atoms with van der Waals surface area (Å²) < 4.78 is 1.97. The summed E-state index contributed by atoms with van der Waals surface area (Å²) in [4.78, 5) is 19.7. The molecular weight excluding hydrogens is 278 g/mol. The van der Waals surface area contributed by atoms with Gasteiger partial charge in [-0.05, 0) is 29.3 Å². The van der Waals surface area contributed by atoms with Crippen molar-refractivity contribution in [2.45, 2.75) is 13.0 Å². The molecule has 0 aliphatic heterocycles. The van der Waals surface area contributed by atoms with Gasteiger partial charge in [0.1, 0.15) is 5.82 Å². The number of carbonyl (C=O) groups is 1. The highest BCUT2D eigenvalue weighted by Gasteiger charge is 2.11. The van der Waals surface area contributed by atoms with Gasteiger partial charge in [-0.3, -0.25) is 4.98 Å². The molecule has 0 atom stereocenters. The van der Waals surface area contributed by atoms with Crippen molar-refractivity contribution in [2.24, 2.45) is 0 Å². The Morgan fingerprint density at radius 3 is 2.64 bits per heavy atom. The monoisotopic (exact) mass is 293 g/mol. The van der Waals surface area contributed by atoms with Gasteiger partial charge in [-0.1, -0.05) is 18.2 Å². The fraction of sp³-hybridized carbons (Fsp3) is 0.118. The van der Waals surface area contributed by atoms with E-state index in [1.54, 1.807) is 30.7 Å². The van der Waals surface area contributed by atoms with E-state index >= 15 is 0 Å². The number of carboxylic acid groups (broad SMARTS) is 1. The highest BCUT2D eigenvalue weighted by Crippen LogP contribution is 2.14. The largest absolute Gasteiger partial charge is 0.478 e. The zero-order valence-corrected chi connectivity index (χ0v) is 11.9. The van der Waals surface area contributed by atoms with Gasteiger partial charge in [0.15, 0.2) is 0 Å². The van der Waals surface area contributed by atoms with Crippen LogP contribution in [0.4, 0.5) is 0 Å². The van der Waals surface area contributed by atoms with Gasteiger partial charge in [-0.15, -0.1) is 0 Å². The maximum Gasteiger partial charge on any atom is 0.336 e. The summed E-state index contributed by atoms with van der Waals surface area (Å²) in [5.74, 6) is -0.0159. The zero-order chi connectivity index (χ0) is 15.4. The summed E-state index contributed by atoms with van der Waals surface area (Å²) in [6.45, 7) is 0.489. The second-order valence-corrected chi connectivity index (χ2v) is 4.97. The van der Waals surface area contributed by atoms with Crippen molar-refractivity contribution in [3.63, 3.8) is 0 Å². The number of aromatic carboxylic acids is 1. The molecule has 0 aliphatic carbocycles. The van der Waals surface area contributed by atoms with Crippen LogP contribution in [-0.4, -0.2) is 25.6 Å². The Balaban J connectivity index is 1.86. The number of rotatable bonds is 5. The van der Waals surface area contributed by atoms with Crippen LogP contribution in [0.2, 0.25) is 0 Å². The molecule has 1 N–H and O–H groups in total. The standard InChI is InChI=1S/C17H15N3O2/c21-17(22)15-4-2-1-3-14(15)12-20-10-9-19-16(20)11-13-5-7-18-8-6-13/h1-10H,11-12H2,(H,21,22). The molecule has 5 heteroatoms. The van der Waals surface area contributed by atoms with Crippen LogP contribution in [0.3, 0.4) is 0 Å². The number of pyridine rings is 1. The van der Waals surface area contributed by atoms with E-state index in [0.29, 0.717) is 18.5 Å². The molecule has 0 bridgehead atoms. The van der Waals surface area contributed by atoms with Gasteiger partial charge < -0.3 is 9.67 Å². The number of benzene rings is 1. The molecular formula is C17H15N3O2. The van der Waals surface area contributed by atoms with Crippen molar-refractivity contribution in [1.82, 2.24) is 14.5 Å². The van der Waals surface area contributed by atoms with Crippen molar-refractivity contribution >= 4 is 5.97 Å². The predicted octanol–water partition coefficient (Wildman–Crippen LogP) is 2.62. The molecule has 0 saturated heterocycles. The molecule has 0 spiro atoms. The van der Waals surface area contributed by atoms with Crippen LogP contribution in [0, 0.1) is 0 Å². The van der Waals surface area contributed by atoms with Gasteiger partial charge in [0.05, 0.1) is 5.56 Å². The highest BCUT2D eigenvalue weighted by atomic mass is 16.4. The van der Waals surface area contributed by atoms with E-state index in [-0.39, 0.29) is 0 Å². The van der Waals surface area contributed by atoms with Gasteiger partial charge in [0, 0.05) is 37.8 Å². The minimum atomic E-state index is -0.911. The topological polar surface area (TPSA) is 68.0 Å². The Hall–Kier alpha value is -2.95. The van der Waals surface area contributed by atoms with Crippen molar-refractivity contribution in [1.29, 1.82) is 0 Å². The Labute approximate surface area is 127 Å². The molecule has 0 fully saturated rings. The van der Waals surface area contributed by atoms with Crippen LogP contribution >= 0.6 is 0 Å². The highest BCUT2D eigenvalue weighted by molar-refractivity contribution is 5.89. The fourth-order valence-corrected chi connectivity index (χ4v) is 2.38. The Kier molecular flexibility index (Phi) is 3.96. The molecule has 2 aromatic heterocycles. The van der Waals surface area contributed by atoms with Crippen LogP contribution in [0.5, 0.6) is 0 Å². The second kappa shape index (κ2) is 6.22. The number of carboxylic acids is 1. The van der Waals surface area contributed by atoms with Crippen molar-refractivity contribution in [3.05, 3.63) is 83.7 Å². The molecule has 110 valence electrons. The van der Waals surface area contributed by atoms with Crippen LogP contribution < -0.4 is 0 Å². The van der Waals surface area contributed by atoms with E-state index in [4.69, 9.17) is 0 Å². The first kappa shape index (κ1) is 14.0. The predicted molar refractivity (Wildman–Crippen MR) is 81.8 cm³/mol. The summed E-state index contributed by atoms with van der Waals surface area (Å²) in [7, 11) is 0. The first-order valence-corrected chi connectivity index (χ1v) is 6.94. The van der Waals surface area contributed by atoms with Gasteiger partial charge in [-0.25, -0.2) is 9.78 Å².